The molecule has 148 valence electrons. The fraction of sp³-hybridized carbons (Fsp3) is 0.130. The van der Waals surface area contributed by atoms with E-state index in [2.05, 4.69) is 10.6 Å². The second kappa shape index (κ2) is 10.1. The van der Waals surface area contributed by atoms with Crippen molar-refractivity contribution in [3.05, 3.63) is 90.5 Å². The van der Waals surface area contributed by atoms with E-state index in [1.807, 2.05) is 60.7 Å². The van der Waals surface area contributed by atoms with Gasteiger partial charge in [0.15, 0.2) is 0 Å². The van der Waals surface area contributed by atoms with Gasteiger partial charge in [-0.05, 0) is 42.0 Å². The molecule has 0 heterocycles. The molecule has 6 nitrogen and oxygen atoms in total. The molecule has 3 rings (SSSR count). The van der Waals surface area contributed by atoms with Crippen LogP contribution in [0.15, 0.2) is 84.9 Å². The second-order valence-corrected chi connectivity index (χ2v) is 6.45. The zero-order valence-electron chi connectivity index (χ0n) is 15.7. The summed E-state index contributed by atoms with van der Waals surface area (Å²) in [5, 5.41) is 15.0. The molecule has 1 atom stereocenters. The van der Waals surface area contributed by atoms with Crippen molar-refractivity contribution in [2.45, 2.75) is 19.0 Å². The Morgan fingerprint density at radius 2 is 1.41 bits per heavy atom. The molecule has 0 fully saturated rings. The summed E-state index contributed by atoms with van der Waals surface area (Å²) < 4.78 is 5.71. The van der Waals surface area contributed by atoms with Crippen LogP contribution in [-0.4, -0.2) is 23.0 Å². The molecule has 0 radical (unpaired) electrons. The fourth-order valence-corrected chi connectivity index (χ4v) is 2.71. The van der Waals surface area contributed by atoms with Crippen LogP contribution in [0.25, 0.3) is 0 Å². The smallest absolute Gasteiger partial charge is 0.321 e. The van der Waals surface area contributed by atoms with Crippen LogP contribution in [0, 0.1) is 0 Å². The Labute approximate surface area is 169 Å². The third-order valence-corrected chi connectivity index (χ3v) is 4.20. The second-order valence-electron chi connectivity index (χ2n) is 6.45. The van der Waals surface area contributed by atoms with Crippen molar-refractivity contribution >= 4 is 17.6 Å². The highest BCUT2D eigenvalue weighted by Gasteiger charge is 2.20. The number of rotatable bonds is 9. The largest absolute Gasteiger partial charge is 0.480 e. The summed E-state index contributed by atoms with van der Waals surface area (Å²) in [6, 6.07) is 24.7. The highest BCUT2D eigenvalue weighted by atomic mass is 16.5. The van der Waals surface area contributed by atoms with Gasteiger partial charge in [0.05, 0.1) is 6.42 Å². The lowest BCUT2D eigenvalue weighted by molar-refractivity contribution is -0.141. The van der Waals surface area contributed by atoms with E-state index in [0.717, 1.165) is 11.3 Å². The van der Waals surface area contributed by atoms with Gasteiger partial charge >= 0.3 is 5.97 Å². The molecule has 0 saturated carbocycles. The van der Waals surface area contributed by atoms with Gasteiger partial charge in [-0.3, -0.25) is 14.9 Å². The number of nitrogens with one attached hydrogen (secondary N) is 2. The number of aliphatic carboxylic acids is 1. The summed E-state index contributed by atoms with van der Waals surface area (Å²) in [7, 11) is 0. The average Bonchev–Trinajstić information content (AvgIpc) is 2.74. The maximum atomic E-state index is 12.3. The number of carboxylic acid groups (broad SMARTS) is 1. The number of amides is 1. The van der Waals surface area contributed by atoms with Gasteiger partial charge in [-0.15, -0.1) is 0 Å². The summed E-state index contributed by atoms with van der Waals surface area (Å²) in [6.45, 7) is 0.372. The van der Waals surface area contributed by atoms with Gasteiger partial charge in [-0.2, -0.15) is 0 Å². The minimum atomic E-state index is -1.07. The Balaban J connectivity index is 1.52. The highest BCUT2D eigenvalue weighted by molar-refractivity contribution is 5.94. The maximum Gasteiger partial charge on any atom is 0.321 e. The molecular formula is C23H22N2O4. The van der Waals surface area contributed by atoms with E-state index in [9.17, 15) is 14.7 Å². The SMILES string of the molecule is O=C(C[C@H](NCc1ccccc1)C(=O)O)Nc1ccc(Oc2ccccc2)cc1. The fourth-order valence-electron chi connectivity index (χ4n) is 2.71. The average molecular weight is 390 g/mol. The van der Waals surface area contributed by atoms with Crippen LogP contribution in [0.3, 0.4) is 0 Å². The minimum Gasteiger partial charge on any atom is -0.480 e. The predicted molar refractivity (Wildman–Crippen MR) is 111 cm³/mol. The molecule has 1 amide bonds. The molecule has 3 N–H and O–H groups in total. The number of hydrogen-bond acceptors (Lipinski definition) is 4. The van der Waals surface area contributed by atoms with E-state index in [1.54, 1.807) is 24.3 Å². The molecule has 0 aromatic heterocycles. The first kappa shape index (κ1) is 20.1. The number of ether oxygens (including phenoxy) is 1. The number of hydrogen-bond donors (Lipinski definition) is 3. The minimum absolute atomic E-state index is 0.176. The van der Waals surface area contributed by atoms with E-state index < -0.39 is 12.0 Å². The van der Waals surface area contributed by atoms with Crippen molar-refractivity contribution < 1.29 is 19.4 Å². The quantitative estimate of drug-likeness (QED) is 0.513. The monoisotopic (exact) mass is 390 g/mol. The first-order valence-corrected chi connectivity index (χ1v) is 9.23. The van der Waals surface area contributed by atoms with E-state index >= 15 is 0 Å². The Bertz CT molecular complexity index is 928. The van der Waals surface area contributed by atoms with Crippen molar-refractivity contribution in [1.82, 2.24) is 5.32 Å². The maximum absolute atomic E-state index is 12.3. The Kier molecular flexibility index (Phi) is 6.97. The molecule has 0 saturated heterocycles. The Morgan fingerprint density at radius 3 is 2.03 bits per heavy atom. The van der Waals surface area contributed by atoms with E-state index in [-0.39, 0.29) is 12.3 Å². The summed E-state index contributed by atoms with van der Waals surface area (Å²) >= 11 is 0. The molecule has 6 heteroatoms. The Morgan fingerprint density at radius 1 is 0.828 bits per heavy atom. The normalized spacial score (nSPS) is 11.4. The van der Waals surface area contributed by atoms with Crippen molar-refractivity contribution in [2.75, 3.05) is 5.32 Å². The van der Waals surface area contributed by atoms with E-state index in [1.165, 1.54) is 0 Å². The van der Waals surface area contributed by atoms with Crippen LogP contribution in [-0.2, 0) is 16.1 Å². The topological polar surface area (TPSA) is 87.7 Å². The summed E-state index contributed by atoms with van der Waals surface area (Å²) in [6.07, 6.45) is -0.176. The van der Waals surface area contributed by atoms with Gasteiger partial charge < -0.3 is 15.2 Å². The van der Waals surface area contributed by atoms with Gasteiger partial charge in [0.2, 0.25) is 5.91 Å². The van der Waals surface area contributed by atoms with Gasteiger partial charge in [0, 0.05) is 12.2 Å². The first-order chi connectivity index (χ1) is 14.1. The highest BCUT2D eigenvalue weighted by Crippen LogP contribution is 2.22. The zero-order valence-corrected chi connectivity index (χ0v) is 15.7. The number of carbonyl (C=O) groups is 2. The van der Waals surface area contributed by atoms with Crippen LogP contribution in [0.2, 0.25) is 0 Å². The van der Waals surface area contributed by atoms with Crippen molar-refractivity contribution in [3.8, 4) is 11.5 Å². The number of anilines is 1. The molecule has 0 unspecified atom stereocenters. The third kappa shape index (κ3) is 6.48. The number of carboxylic acids is 1. The lowest BCUT2D eigenvalue weighted by Crippen LogP contribution is -2.39. The standard InChI is InChI=1S/C23H22N2O4/c26-22(15-21(23(27)28)24-16-17-7-3-1-4-8-17)25-18-11-13-20(14-12-18)29-19-9-5-2-6-10-19/h1-14,21,24H,15-16H2,(H,25,26)(H,27,28)/t21-/m0/s1. The molecule has 3 aromatic rings. The Hall–Kier alpha value is -3.64. The molecular weight excluding hydrogens is 368 g/mol. The predicted octanol–water partition coefficient (Wildman–Crippen LogP) is 4.05. The number of para-hydroxylation sites is 1. The lowest BCUT2D eigenvalue weighted by atomic mass is 10.1. The molecule has 0 bridgehead atoms. The number of carbonyl (C=O) groups excluding carboxylic acids is 1. The third-order valence-electron chi connectivity index (χ3n) is 4.20. The van der Waals surface area contributed by atoms with Gasteiger partial charge in [0.25, 0.3) is 0 Å². The van der Waals surface area contributed by atoms with Gasteiger partial charge in [-0.1, -0.05) is 48.5 Å². The lowest BCUT2D eigenvalue weighted by Gasteiger charge is -2.14. The molecule has 0 aliphatic carbocycles. The van der Waals surface area contributed by atoms with Crippen LogP contribution < -0.4 is 15.4 Å². The van der Waals surface area contributed by atoms with Crippen LogP contribution in [0.5, 0.6) is 11.5 Å². The summed E-state index contributed by atoms with van der Waals surface area (Å²) in [5.41, 5.74) is 1.52. The molecule has 3 aromatic carbocycles. The van der Waals surface area contributed by atoms with Crippen LogP contribution >= 0.6 is 0 Å². The van der Waals surface area contributed by atoms with E-state index in [4.69, 9.17) is 4.74 Å². The summed E-state index contributed by atoms with van der Waals surface area (Å²) in [5.74, 6) is -0.0856. The van der Waals surface area contributed by atoms with Crippen LogP contribution in [0.4, 0.5) is 5.69 Å². The van der Waals surface area contributed by atoms with Crippen molar-refractivity contribution in [1.29, 1.82) is 0 Å². The molecule has 0 aliphatic rings. The van der Waals surface area contributed by atoms with E-state index in [0.29, 0.717) is 18.0 Å². The van der Waals surface area contributed by atoms with Gasteiger partial charge in [0.1, 0.15) is 17.5 Å². The van der Waals surface area contributed by atoms with Gasteiger partial charge in [-0.25, -0.2) is 0 Å². The number of benzene rings is 3. The molecule has 0 spiro atoms. The van der Waals surface area contributed by atoms with Crippen molar-refractivity contribution in [3.63, 3.8) is 0 Å². The van der Waals surface area contributed by atoms with Crippen LogP contribution in [0.1, 0.15) is 12.0 Å². The zero-order chi connectivity index (χ0) is 20.5. The van der Waals surface area contributed by atoms with Crippen molar-refractivity contribution in [2.24, 2.45) is 0 Å². The molecule has 29 heavy (non-hydrogen) atoms. The molecule has 0 aliphatic heterocycles. The first-order valence-electron chi connectivity index (χ1n) is 9.23. The summed E-state index contributed by atoms with van der Waals surface area (Å²) in [4.78, 5) is 23.7.